The molecule has 0 rings (SSSR count). The summed E-state index contributed by atoms with van der Waals surface area (Å²) in [5.74, 6) is 0. The number of methoxy groups -OCH3 is 8. The second-order valence-electron chi connectivity index (χ2n) is 6.40. The topological polar surface area (TPSA) is 83.1 Å². The molecule has 2 unspecified atom stereocenters. The van der Waals surface area contributed by atoms with Crippen LogP contribution in [-0.4, -0.2) is 122 Å². The third-order valence-corrected chi connectivity index (χ3v) is 3.78. The van der Waals surface area contributed by atoms with Crippen molar-refractivity contribution in [2.45, 2.75) is 19.6 Å². The van der Waals surface area contributed by atoms with Crippen molar-refractivity contribution in [3.63, 3.8) is 0 Å². The number of rotatable bonds is 18. The normalized spacial score (nSPS) is 13.2. The molecule has 9 heteroatoms. The van der Waals surface area contributed by atoms with E-state index in [4.69, 9.17) is 42.6 Å². The highest BCUT2D eigenvalue weighted by Gasteiger charge is 2.30. The molecule has 0 aromatic rings. The van der Waals surface area contributed by atoms with E-state index in [0.29, 0.717) is 52.9 Å². The lowest BCUT2D eigenvalue weighted by atomic mass is 9.92. The summed E-state index contributed by atoms with van der Waals surface area (Å²) in [6.45, 7) is 4.33. The molecule has 0 aliphatic heterocycles. The van der Waals surface area contributed by atoms with E-state index in [1.807, 2.05) is 0 Å². The second kappa shape index (κ2) is 23.9. The first kappa shape index (κ1) is 33.3. The Hall–Kier alpha value is -0.360. The minimum absolute atomic E-state index is 0. The fraction of sp³-hybridized carbons (Fsp3) is 1.00. The van der Waals surface area contributed by atoms with Gasteiger partial charge in [0.2, 0.25) is 0 Å². The van der Waals surface area contributed by atoms with E-state index in [1.54, 1.807) is 56.9 Å². The van der Waals surface area contributed by atoms with Gasteiger partial charge in [-0.2, -0.15) is 0 Å². The van der Waals surface area contributed by atoms with Crippen LogP contribution in [0.4, 0.5) is 0 Å². The molecule has 0 heterocycles. The minimum atomic E-state index is -0.188. The summed E-state index contributed by atoms with van der Waals surface area (Å²) in [6.07, 6.45) is -0.0647. The molecule has 0 aliphatic carbocycles. The van der Waals surface area contributed by atoms with Gasteiger partial charge in [-0.25, -0.2) is 0 Å². The molecule has 0 radical (unpaired) electrons. The van der Waals surface area contributed by atoms with E-state index < -0.39 is 0 Å². The highest BCUT2D eigenvalue weighted by atomic mass is 16.6. The molecule has 180 valence electrons. The average Bonchev–Trinajstić information content (AvgIpc) is 2.68. The maximum atomic E-state index is 5.43. The highest BCUT2D eigenvalue weighted by molar-refractivity contribution is 4.78. The van der Waals surface area contributed by atoms with Gasteiger partial charge < -0.3 is 42.6 Å². The first-order chi connectivity index (χ1) is 13.5. The fourth-order valence-electron chi connectivity index (χ4n) is 2.55. The molecule has 2 atom stereocenters. The number of hydrogen-bond donors (Lipinski definition) is 0. The quantitative estimate of drug-likeness (QED) is 0.321. The number of hydrogen-bond acceptors (Lipinski definition) is 9. The van der Waals surface area contributed by atoms with Crippen molar-refractivity contribution < 1.29 is 42.6 Å². The van der Waals surface area contributed by atoms with Gasteiger partial charge in [0.1, 0.15) is 12.2 Å². The van der Waals surface area contributed by atoms with E-state index >= 15 is 0 Å². The van der Waals surface area contributed by atoms with Crippen LogP contribution < -0.4 is 0 Å². The first-order valence-corrected chi connectivity index (χ1v) is 9.09. The molecule has 0 bridgehead atoms. The van der Waals surface area contributed by atoms with Crippen LogP contribution in [0.3, 0.4) is 0 Å². The molecule has 29 heavy (non-hydrogen) atoms. The van der Waals surface area contributed by atoms with Crippen LogP contribution in [0.5, 0.6) is 0 Å². The van der Waals surface area contributed by atoms with Gasteiger partial charge in [-0.05, 0) is 0 Å². The van der Waals surface area contributed by atoms with Crippen molar-refractivity contribution in [1.82, 2.24) is 0 Å². The van der Waals surface area contributed by atoms with Crippen LogP contribution >= 0.6 is 0 Å². The van der Waals surface area contributed by atoms with Crippen LogP contribution in [0.2, 0.25) is 0 Å². The molecule has 0 aliphatic rings. The molecular weight excluding hydrogens is 384 g/mol. The zero-order valence-corrected chi connectivity index (χ0v) is 19.0. The molecule has 0 amide bonds. The van der Waals surface area contributed by atoms with E-state index in [-0.39, 0.29) is 25.0 Å². The predicted molar refractivity (Wildman–Crippen MR) is 113 cm³/mol. The Bertz CT molecular complexity index is 262. The SMILES string of the molecule is C.COCC(COC)(COC)COC.COCC(COCC(COC)OC)OC. The van der Waals surface area contributed by atoms with Crippen molar-refractivity contribution in [3.05, 3.63) is 0 Å². The van der Waals surface area contributed by atoms with Crippen LogP contribution in [0.15, 0.2) is 0 Å². The molecule has 0 N–H and O–H groups in total. The van der Waals surface area contributed by atoms with E-state index in [2.05, 4.69) is 0 Å². The highest BCUT2D eigenvalue weighted by Crippen LogP contribution is 2.19. The Balaban J connectivity index is -0.000000455. The van der Waals surface area contributed by atoms with Crippen LogP contribution in [-0.2, 0) is 42.6 Å². The maximum Gasteiger partial charge on any atom is 0.104 e. The van der Waals surface area contributed by atoms with Gasteiger partial charge in [0, 0.05) is 56.9 Å². The molecule has 0 spiro atoms. The average molecular weight is 431 g/mol. The predicted octanol–water partition coefficient (Wildman–Crippen LogP) is 1.52. The lowest BCUT2D eigenvalue weighted by Crippen LogP contribution is -2.40. The summed E-state index contributed by atoms with van der Waals surface area (Å²) >= 11 is 0. The fourth-order valence-corrected chi connectivity index (χ4v) is 2.55. The van der Waals surface area contributed by atoms with Crippen LogP contribution in [0, 0.1) is 5.41 Å². The maximum absolute atomic E-state index is 5.43. The molecule has 0 saturated carbocycles. The standard InChI is InChI=1S/C10H22O5.C9H20O4.CH4/c1-11-5-9(13-3)7-15-8-10(14-4)6-12-2;1-10-5-9(6-11-2,7-12-3)8-13-4;/h9-10H,5-8H2,1-4H3;5-8H2,1-4H3;1H4. The van der Waals surface area contributed by atoms with Gasteiger partial charge in [0.05, 0.1) is 58.3 Å². The van der Waals surface area contributed by atoms with Crippen molar-refractivity contribution in [1.29, 1.82) is 0 Å². The second-order valence-corrected chi connectivity index (χ2v) is 6.40. The van der Waals surface area contributed by atoms with Gasteiger partial charge in [-0.3, -0.25) is 0 Å². The van der Waals surface area contributed by atoms with Crippen molar-refractivity contribution in [2.75, 3.05) is 110 Å². The Morgan fingerprint density at radius 3 is 1.00 bits per heavy atom. The Morgan fingerprint density at radius 1 is 0.483 bits per heavy atom. The zero-order chi connectivity index (χ0) is 21.7. The molecule has 0 fully saturated rings. The first-order valence-electron chi connectivity index (χ1n) is 9.09. The van der Waals surface area contributed by atoms with Gasteiger partial charge >= 0.3 is 0 Å². The van der Waals surface area contributed by atoms with Gasteiger partial charge in [0.25, 0.3) is 0 Å². The summed E-state index contributed by atoms with van der Waals surface area (Å²) in [6, 6.07) is 0. The van der Waals surface area contributed by atoms with Crippen LogP contribution in [0.1, 0.15) is 7.43 Å². The summed E-state index contributed by atoms with van der Waals surface area (Å²) in [5, 5.41) is 0. The lowest BCUT2D eigenvalue weighted by molar-refractivity contribution is -0.0760. The van der Waals surface area contributed by atoms with Gasteiger partial charge in [-0.1, -0.05) is 7.43 Å². The van der Waals surface area contributed by atoms with Crippen molar-refractivity contribution in [2.24, 2.45) is 5.41 Å². The van der Waals surface area contributed by atoms with E-state index in [1.165, 1.54) is 0 Å². The number of ether oxygens (including phenoxy) is 9. The van der Waals surface area contributed by atoms with E-state index in [0.717, 1.165) is 0 Å². The molecule has 0 aromatic carbocycles. The zero-order valence-electron chi connectivity index (χ0n) is 19.0. The third kappa shape index (κ3) is 18.2. The van der Waals surface area contributed by atoms with Crippen LogP contribution in [0.25, 0.3) is 0 Å². The molecule has 0 aromatic heterocycles. The van der Waals surface area contributed by atoms with E-state index in [9.17, 15) is 0 Å². The third-order valence-electron chi connectivity index (χ3n) is 3.78. The van der Waals surface area contributed by atoms with Crippen molar-refractivity contribution >= 4 is 0 Å². The monoisotopic (exact) mass is 430 g/mol. The van der Waals surface area contributed by atoms with Crippen molar-refractivity contribution in [3.8, 4) is 0 Å². The molecular formula is C20H46O9. The van der Waals surface area contributed by atoms with Gasteiger partial charge in [0.15, 0.2) is 0 Å². The lowest BCUT2D eigenvalue weighted by Gasteiger charge is -2.30. The molecule has 0 saturated heterocycles. The Kier molecular flexibility index (Phi) is 27.4. The minimum Gasteiger partial charge on any atom is -0.384 e. The largest absolute Gasteiger partial charge is 0.384 e. The Morgan fingerprint density at radius 2 is 0.793 bits per heavy atom. The summed E-state index contributed by atoms with van der Waals surface area (Å²) in [4.78, 5) is 0. The molecule has 9 nitrogen and oxygen atoms in total. The smallest absolute Gasteiger partial charge is 0.104 e. The summed E-state index contributed by atoms with van der Waals surface area (Å²) in [5.41, 5.74) is -0.188. The summed E-state index contributed by atoms with van der Waals surface area (Å²) < 4.78 is 46.2. The summed E-state index contributed by atoms with van der Waals surface area (Å²) in [7, 11) is 13.2. The Labute approximate surface area is 178 Å². The van der Waals surface area contributed by atoms with Gasteiger partial charge in [-0.15, -0.1) is 0 Å².